The predicted octanol–water partition coefficient (Wildman–Crippen LogP) is 3.20. The van der Waals surface area contributed by atoms with Crippen molar-refractivity contribution >= 4 is 15.9 Å². The molecule has 0 radical (unpaired) electrons. The van der Waals surface area contributed by atoms with Crippen LogP contribution in [-0.4, -0.2) is 20.8 Å². The van der Waals surface area contributed by atoms with E-state index in [0.717, 1.165) is 24.9 Å². The maximum absolute atomic E-state index is 14.0. The van der Waals surface area contributed by atoms with E-state index in [4.69, 9.17) is 9.47 Å². The zero-order valence-electron chi connectivity index (χ0n) is 10.8. The van der Waals surface area contributed by atoms with E-state index in [1.54, 1.807) is 7.11 Å². The first-order valence-corrected chi connectivity index (χ1v) is 6.68. The third-order valence-electron chi connectivity index (χ3n) is 3.48. The van der Waals surface area contributed by atoms with Crippen LogP contribution in [0.2, 0.25) is 0 Å². The van der Waals surface area contributed by atoms with Gasteiger partial charge in [-0.2, -0.15) is 0 Å². The van der Waals surface area contributed by atoms with Gasteiger partial charge in [-0.15, -0.1) is 0 Å². The van der Waals surface area contributed by atoms with E-state index < -0.39 is 0 Å². The summed E-state index contributed by atoms with van der Waals surface area (Å²) in [5.74, 6) is 0.670. The molecule has 2 rings (SSSR count). The van der Waals surface area contributed by atoms with Gasteiger partial charge in [-0.05, 0) is 42.2 Å². The van der Waals surface area contributed by atoms with E-state index >= 15 is 0 Å². The van der Waals surface area contributed by atoms with Crippen molar-refractivity contribution in [1.82, 2.24) is 5.32 Å². The first-order valence-electron chi connectivity index (χ1n) is 5.89. The van der Waals surface area contributed by atoms with Crippen molar-refractivity contribution in [2.75, 3.05) is 20.8 Å². The summed E-state index contributed by atoms with van der Waals surface area (Å²) >= 11 is 3.33. The topological polar surface area (TPSA) is 30.5 Å². The molecule has 1 aromatic rings. The second-order valence-corrected chi connectivity index (χ2v) is 5.44. The summed E-state index contributed by atoms with van der Waals surface area (Å²) in [6.45, 7) is 2.98. The molecule has 100 valence electrons. The number of benzene rings is 1. The van der Waals surface area contributed by atoms with Crippen molar-refractivity contribution in [3.05, 3.63) is 21.9 Å². The minimum Gasteiger partial charge on any atom is -0.493 e. The molecule has 1 saturated heterocycles. The number of halogens is 2. The summed E-state index contributed by atoms with van der Waals surface area (Å²) in [4.78, 5) is 0. The lowest BCUT2D eigenvalue weighted by Gasteiger charge is -2.29. The summed E-state index contributed by atoms with van der Waals surface area (Å²) in [6, 6.07) is 1.34. The summed E-state index contributed by atoms with van der Waals surface area (Å²) in [5.41, 5.74) is 0.499. The maximum Gasteiger partial charge on any atom is 0.167 e. The van der Waals surface area contributed by atoms with Crippen molar-refractivity contribution in [1.29, 1.82) is 0 Å². The van der Waals surface area contributed by atoms with Gasteiger partial charge >= 0.3 is 0 Å². The van der Waals surface area contributed by atoms with E-state index in [1.165, 1.54) is 13.2 Å². The molecule has 18 heavy (non-hydrogen) atoms. The molecule has 1 fully saturated rings. The van der Waals surface area contributed by atoms with E-state index in [2.05, 4.69) is 28.2 Å². The van der Waals surface area contributed by atoms with Crippen LogP contribution in [-0.2, 0) is 5.54 Å². The third-order valence-corrected chi connectivity index (χ3v) is 4.26. The van der Waals surface area contributed by atoms with Crippen LogP contribution in [0.4, 0.5) is 4.39 Å². The maximum atomic E-state index is 14.0. The normalized spacial score (nSPS) is 23.2. The van der Waals surface area contributed by atoms with Crippen molar-refractivity contribution in [3.8, 4) is 11.5 Å². The van der Waals surface area contributed by atoms with E-state index in [0.29, 0.717) is 16.0 Å². The molecule has 0 bridgehead atoms. The molecule has 0 aromatic heterocycles. The highest BCUT2D eigenvalue weighted by atomic mass is 79.9. The Kier molecular flexibility index (Phi) is 3.82. The van der Waals surface area contributed by atoms with E-state index in [-0.39, 0.29) is 11.4 Å². The van der Waals surface area contributed by atoms with E-state index in [9.17, 15) is 4.39 Å². The summed E-state index contributed by atoms with van der Waals surface area (Å²) in [7, 11) is 3.09. The van der Waals surface area contributed by atoms with Gasteiger partial charge in [0.2, 0.25) is 0 Å². The van der Waals surface area contributed by atoms with Gasteiger partial charge in [0, 0.05) is 17.2 Å². The van der Waals surface area contributed by atoms with Crippen LogP contribution in [0.5, 0.6) is 11.5 Å². The molecule has 1 heterocycles. The molecular formula is C13H17BrFNO2. The van der Waals surface area contributed by atoms with Gasteiger partial charge in [-0.1, -0.05) is 0 Å². The number of nitrogens with one attached hydrogen (secondary N) is 1. The molecule has 1 atom stereocenters. The first-order chi connectivity index (χ1) is 8.53. The number of rotatable bonds is 3. The zero-order valence-corrected chi connectivity index (χ0v) is 12.4. The van der Waals surface area contributed by atoms with Gasteiger partial charge < -0.3 is 14.8 Å². The highest BCUT2D eigenvalue weighted by molar-refractivity contribution is 9.10. The van der Waals surface area contributed by atoms with Crippen LogP contribution in [0.3, 0.4) is 0 Å². The highest BCUT2D eigenvalue weighted by Crippen LogP contribution is 2.46. The van der Waals surface area contributed by atoms with Crippen LogP contribution in [0.15, 0.2) is 10.5 Å². The van der Waals surface area contributed by atoms with Gasteiger partial charge in [0.25, 0.3) is 0 Å². The average molecular weight is 318 g/mol. The Morgan fingerprint density at radius 2 is 2.11 bits per heavy atom. The van der Waals surface area contributed by atoms with Crippen molar-refractivity contribution in [2.45, 2.75) is 25.3 Å². The Balaban J connectivity index is 2.66. The lowest BCUT2D eigenvalue weighted by Crippen LogP contribution is -2.34. The van der Waals surface area contributed by atoms with Crippen molar-refractivity contribution < 1.29 is 13.9 Å². The Morgan fingerprint density at radius 1 is 1.39 bits per heavy atom. The van der Waals surface area contributed by atoms with Crippen molar-refractivity contribution in [2.24, 2.45) is 0 Å². The lowest BCUT2D eigenvalue weighted by molar-refractivity contribution is 0.329. The molecule has 1 aliphatic heterocycles. The number of ether oxygens (including phenoxy) is 2. The van der Waals surface area contributed by atoms with Crippen LogP contribution in [0.25, 0.3) is 0 Å². The summed E-state index contributed by atoms with van der Waals surface area (Å²) < 4.78 is 25.0. The van der Waals surface area contributed by atoms with Crippen LogP contribution in [0.1, 0.15) is 25.3 Å². The Bertz CT molecular complexity index is 459. The molecule has 5 heteroatoms. The number of hydrogen-bond acceptors (Lipinski definition) is 3. The molecule has 0 aliphatic carbocycles. The second-order valence-electron chi connectivity index (χ2n) is 4.65. The number of hydrogen-bond donors (Lipinski definition) is 1. The predicted molar refractivity (Wildman–Crippen MR) is 71.8 cm³/mol. The number of methoxy groups -OCH3 is 2. The van der Waals surface area contributed by atoms with Crippen LogP contribution < -0.4 is 14.8 Å². The van der Waals surface area contributed by atoms with E-state index in [1.807, 2.05) is 0 Å². The Hall–Kier alpha value is -0.810. The molecule has 0 spiro atoms. The fourth-order valence-corrected chi connectivity index (χ4v) is 3.27. The lowest BCUT2D eigenvalue weighted by atomic mass is 9.89. The van der Waals surface area contributed by atoms with Crippen LogP contribution in [0, 0.1) is 5.82 Å². The quantitative estimate of drug-likeness (QED) is 0.928. The molecule has 1 aromatic carbocycles. The first kappa shape index (κ1) is 13.6. The van der Waals surface area contributed by atoms with Gasteiger partial charge in [0.1, 0.15) is 5.82 Å². The Labute approximate surface area is 115 Å². The monoisotopic (exact) mass is 317 g/mol. The van der Waals surface area contributed by atoms with Gasteiger partial charge in [-0.25, -0.2) is 4.39 Å². The molecule has 3 nitrogen and oxygen atoms in total. The zero-order chi connectivity index (χ0) is 13.3. The highest BCUT2D eigenvalue weighted by Gasteiger charge is 2.37. The van der Waals surface area contributed by atoms with Crippen molar-refractivity contribution in [3.63, 3.8) is 0 Å². The largest absolute Gasteiger partial charge is 0.493 e. The van der Waals surface area contributed by atoms with Gasteiger partial charge in [0.15, 0.2) is 11.5 Å². The molecule has 1 N–H and O–H groups in total. The standard InChI is InChI=1S/C13H17BrFNO2/c1-13(5-4-6-16-13)10-11(14)8(15)7-9(17-2)12(10)18-3/h7,16H,4-6H2,1-3H3. The van der Waals surface area contributed by atoms with Gasteiger partial charge in [-0.3, -0.25) is 0 Å². The summed E-state index contributed by atoms with van der Waals surface area (Å²) in [5, 5.41) is 3.41. The molecular weight excluding hydrogens is 301 g/mol. The molecule has 1 unspecified atom stereocenters. The fourth-order valence-electron chi connectivity index (χ4n) is 2.54. The Morgan fingerprint density at radius 3 is 2.61 bits per heavy atom. The SMILES string of the molecule is COc1cc(F)c(Br)c(C2(C)CCCN2)c1OC. The van der Waals surface area contributed by atoms with Crippen LogP contribution >= 0.6 is 15.9 Å². The minimum absolute atomic E-state index is 0.292. The second kappa shape index (κ2) is 5.05. The molecule has 0 saturated carbocycles. The smallest absolute Gasteiger partial charge is 0.167 e. The van der Waals surface area contributed by atoms with Gasteiger partial charge in [0.05, 0.1) is 18.7 Å². The molecule has 1 aliphatic rings. The minimum atomic E-state index is -0.336. The third kappa shape index (κ3) is 2.10. The average Bonchev–Trinajstić information content (AvgIpc) is 2.79. The fraction of sp³-hybridized carbons (Fsp3) is 0.538. The molecule has 0 amide bonds. The summed E-state index contributed by atoms with van der Waals surface area (Å²) in [6.07, 6.45) is 2.00.